The molecule has 0 fully saturated rings. The molecule has 0 saturated heterocycles. The molecule has 2 heterocycles. The first-order valence-corrected chi connectivity index (χ1v) is 11.7. The summed E-state index contributed by atoms with van der Waals surface area (Å²) in [5, 5.41) is 0.948. The normalized spacial score (nSPS) is 11.1. The number of ether oxygens (including phenoxy) is 2. The second-order valence-electron chi connectivity index (χ2n) is 8.92. The number of aromatic nitrogens is 3. The minimum absolute atomic E-state index is 0.00317. The molecule has 2 aromatic heterocycles. The Hall–Kier alpha value is -4.04. The highest BCUT2D eigenvalue weighted by Gasteiger charge is 2.16. The second-order valence-corrected chi connectivity index (χ2v) is 8.92. The SMILES string of the molecule is COc1cc(-c2cc(-c3ccc(C(=O)N(C)CCN(C)C)cc3)c3ncnc(C)c3c2)cnc1OC. The van der Waals surface area contributed by atoms with Crippen molar-refractivity contribution >= 4 is 16.8 Å². The number of rotatable bonds is 8. The lowest BCUT2D eigenvalue weighted by Crippen LogP contribution is -2.33. The van der Waals surface area contributed by atoms with E-state index >= 15 is 0 Å². The number of aryl methyl sites for hydroxylation is 1. The standard InChI is InChI=1S/C28H31N5O3/c1-18-23-13-21(22-15-25(35-5)27(36-6)29-16-22)14-24(26(23)31-17-30-18)19-7-9-20(10-8-19)28(34)33(4)12-11-32(2)3/h7-10,13-17H,11-12H2,1-6H3. The molecular formula is C28H31N5O3. The molecule has 2 aromatic carbocycles. The third-order valence-corrected chi connectivity index (χ3v) is 6.17. The molecule has 0 N–H and O–H groups in total. The van der Waals surface area contributed by atoms with Crippen LogP contribution in [0.2, 0.25) is 0 Å². The summed E-state index contributed by atoms with van der Waals surface area (Å²) < 4.78 is 10.8. The van der Waals surface area contributed by atoms with Gasteiger partial charge >= 0.3 is 0 Å². The first-order chi connectivity index (χ1) is 17.3. The number of carbonyl (C=O) groups is 1. The Morgan fingerprint density at radius 3 is 2.28 bits per heavy atom. The van der Waals surface area contributed by atoms with Crippen molar-refractivity contribution in [2.75, 3.05) is 48.5 Å². The van der Waals surface area contributed by atoms with Crippen LogP contribution in [0.5, 0.6) is 11.6 Å². The van der Waals surface area contributed by atoms with Crippen molar-refractivity contribution in [3.05, 3.63) is 66.2 Å². The zero-order chi connectivity index (χ0) is 25.8. The van der Waals surface area contributed by atoms with E-state index in [-0.39, 0.29) is 5.91 Å². The van der Waals surface area contributed by atoms with Gasteiger partial charge in [0.15, 0.2) is 5.75 Å². The van der Waals surface area contributed by atoms with Crippen LogP contribution in [-0.4, -0.2) is 79.1 Å². The molecule has 1 amide bonds. The molecule has 8 heteroatoms. The molecule has 0 unspecified atom stereocenters. The van der Waals surface area contributed by atoms with Crippen LogP contribution < -0.4 is 9.47 Å². The molecule has 0 aliphatic carbocycles. The van der Waals surface area contributed by atoms with Gasteiger partial charge in [-0.3, -0.25) is 4.79 Å². The quantitative estimate of drug-likeness (QED) is 0.368. The topological polar surface area (TPSA) is 80.7 Å². The monoisotopic (exact) mass is 485 g/mol. The smallest absolute Gasteiger partial charge is 0.256 e. The van der Waals surface area contributed by atoms with Gasteiger partial charge in [0.1, 0.15) is 6.33 Å². The number of fused-ring (bicyclic) bond motifs is 1. The van der Waals surface area contributed by atoms with Crippen LogP contribution >= 0.6 is 0 Å². The summed E-state index contributed by atoms with van der Waals surface area (Å²) in [6.07, 6.45) is 3.34. The van der Waals surface area contributed by atoms with Gasteiger partial charge in [0.25, 0.3) is 11.8 Å². The molecule has 0 aliphatic rings. The minimum Gasteiger partial charge on any atom is -0.491 e. The minimum atomic E-state index is -0.00317. The average Bonchev–Trinajstić information content (AvgIpc) is 2.90. The van der Waals surface area contributed by atoms with Crippen molar-refractivity contribution in [2.45, 2.75) is 6.92 Å². The van der Waals surface area contributed by atoms with Crippen LogP contribution in [0.25, 0.3) is 33.2 Å². The highest BCUT2D eigenvalue weighted by Crippen LogP contribution is 2.36. The van der Waals surface area contributed by atoms with E-state index in [4.69, 9.17) is 9.47 Å². The van der Waals surface area contributed by atoms with Crippen LogP contribution in [0.3, 0.4) is 0 Å². The zero-order valence-corrected chi connectivity index (χ0v) is 21.6. The number of pyridine rings is 1. The highest BCUT2D eigenvalue weighted by atomic mass is 16.5. The lowest BCUT2D eigenvalue weighted by atomic mass is 9.95. The van der Waals surface area contributed by atoms with E-state index in [0.717, 1.165) is 45.4 Å². The van der Waals surface area contributed by atoms with Gasteiger partial charge in [0, 0.05) is 54.1 Å². The lowest BCUT2D eigenvalue weighted by molar-refractivity contribution is 0.0786. The van der Waals surface area contributed by atoms with Gasteiger partial charge in [-0.25, -0.2) is 15.0 Å². The predicted molar refractivity (Wildman–Crippen MR) is 142 cm³/mol. The molecule has 0 radical (unpaired) electrons. The summed E-state index contributed by atoms with van der Waals surface area (Å²) in [4.78, 5) is 30.1. The Kier molecular flexibility index (Phi) is 7.45. The number of nitrogens with zero attached hydrogens (tertiary/aromatic N) is 5. The van der Waals surface area contributed by atoms with E-state index < -0.39 is 0 Å². The lowest BCUT2D eigenvalue weighted by Gasteiger charge is -2.20. The van der Waals surface area contributed by atoms with Crippen molar-refractivity contribution in [2.24, 2.45) is 0 Å². The largest absolute Gasteiger partial charge is 0.491 e. The number of hydrogen-bond donors (Lipinski definition) is 0. The highest BCUT2D eigenvalue weighted by molar-refractivity contribution is 5.99. The number of amides is 1. The molecule has 0 aliphatic heterocycles. The predicted octanol–water partition coefficient (Wildman–Crippen LogP) is 4.32. The van der Waals surface area contributed by atoms with Crippen LogP contribution in [0, 0.1) is 6.92 Å². The van der Waals surface area contributed by atoms with E-state index in [9.17, 15) is 4.79 Å². The summed E-state index contributed by atoms with van der Waals surface area (Å²) in [6, 6.07) is 13.7. The molecular weight excluding hydrogens is 454 g/mol. The summed E-state index contributed by atoms with van der Waals surface area (Å²) in [6.45, 7) is 3.44. The van der Waals surface area contributed by atoms with Gasteiger partial charge < -0.3 is 19.3 Å². The maximum atomic E-state index is 12.9. The van der Waals surface area contributed by atoms with Crippen molar-refractivity contribution in [1.82, 2.24) is 24.8 Å². The molecule has 4 rings (SSSR count). The summed E-state index contributed by atoms with van der Waals surface area (Å²) in [5.74, 6) is 0.980. The van der Waals surface area contributed by atoms with E-state index in [2.05, 4.69) is 32.0 Å². The van der Waals surface area contributed by atoms with Crippen LogP contribution in [0.1, 0.15) is 16.1 Å². The molecule has 36 heavy (non-hydrogen) atoms. The van der Waals surface area contributed by atoms with Gasteiger partial charge in [-0.15, -0.1) is 0 Å². The first kappa shape index (κ1) is 25.1. The third kappa shape index (κ3) is 5.13. The van der Waals surface area contributed by atoms with Crippen molar-refractivity contribution < 1.29 is 14.3 Å². The second kappa shape index (κ2) is 10.7. The molecule has 0 atom stereocenters. The number of benzene rings is 2. The fourth-order valence-corrected chi connectivity index (χ4v) is 4.03. The van der Waals surface area contributed by atoms with Gasteiger partial charge in [-0.2, -0.15) is 0 Å². The Morgan fingerprint density at radius 2 is 1.61 bits per heavy atom. The third-order valence-electron chi connectivity index (χ3n) is 6.17. The van der Waals surface area contributed by atoms with E-state index in [1.165, 1.54) is 0 Å². The molecule has 4 aromatic rings. The molecule has 186 valence electrons. The van der Waals surface area contributed by atoms with Gasteiger partial charge in [0.05, 0.1) is 19.7 Å². The Morgan fingerprint density at radius 1 is 0.861 bits per heavy atom. The molecule has 0 spiro atoms. The van der Waals surface area contributed by atoms with Crippen LogP contribution in [0.15, 0.2) is 55.0 Å². The van der Waals surface area contributed by atoms with Crippen molar-refractivity contribution in [3.63, 3.8) is 0 Å². The maximum Gasteiger partial charge on any atom is 0.256 e. The summed E-state index contributed by atoms with van der Waals surface area (Å²) in [5.41, 5.74) is 6.12. The molecule has 0 saturated carbocycles. The van der Waals surface area contributed by atoms with Crippen molar-refractivity contribution in [1.29, 1.82) is 0 Å². The van der Waals surface area contributed by atoms with Crippen LogP contribution in [-0.2, 0) is 0 Å². The van der Waals surface area contributed by atoms with E-state index in [1.807, 2.05) is 58.4 Å². The number of methoxy groups -OCH3 is 2. The summed E-state index contributed by atoms with van der Waals surface area (Å²) in [7, 11) is 8.97. The maximum absolute atomic E-state index is 12.9. The van der Waals surface area contributed by atoms with Gasteiger partial charge in [0.2, 0.25) is 0 Å². The fourth-order valence-electron chi connectivity index (χ4n) is 4.03. The molecule has 8 nitrogen and oxygen atoms in total. The first-order valence-electron chi connectivity index (χ1n) is 11.7. The molecule has 0 bridgehead atoms. The number of carbonyl (C=O) groups excluding carboxylic acids is 1. The van der Waals surface area contributed by atoms with Gasteiger partial charge in [-0.05, 0) is 62.5 Å². The van der Waals surface area contributed by atoms with Gasteiger partial charge in [-0.1, -0.05) is 12.1 Å². The Balaban J connectivity index is 1.76. The summed E-state index contributed by atoms with van der Waals surface area (Å²) >= 11 is 0. The Bertz CT molecular complexity index is 1390. The zero-order valence-electron chi connectivity index (χ0n) is 21.6. The average molecular weight is 486 g/mol. The Labute approximate surface area is 211 Å². The fraction of sp³-hybridized carbons (Fsp3) is 0.286. The number of hydrogen-bond acceptors (Lipinski definition) is 7. The van der Waals surface area contributed by atoms with Crippen LogP contribution in [0.4, 0.5) is 0 Å². The number of likely N-dealkylation sites (N-methyl/N-ethyl adjacent to an activating group) is 2. The van der Waals surface area contributed by atoms with E-state index in [1.54, 1.807) is 31.6 Å². The van der Waals surface area contributed by atoms with E-state index in [0.29, 0.717) is 23.7 Å². The van der Waals surface area contributed by atoms with Crippen molar-refractivity contribution in [3.8, 4) is 33.9 Å².